The van der Waals surface area contributed by atoms with Crippen molar-refractivity contribution in [3.8, 4) is 0 Å². The summed E-state index contributed by atoms with van der Waals surface area (Å²) in [5.74, 6) is 1.77. The molecule has 0 aromatic heterocycles. The molecule has 0 aliphatic heterocycles. The van der Waals surface area contributed by atoms with Gasteiger partial charge in [-0.25, -0.2) is 0 Å². The molecule has 0 amide bonds. The summed E-state index contributed by atoms with van der Waals surface area (Å²) >= 11 is 0. The fraction of sp³-hybridized carbons (Fsp3) is 1.00. The Balaban J connectivity index is 1.77. The largest absolute Gasteiger partial charge is 0.327 e. The van der Waals surface area contributed by atoms with Crippen LogP contribution in [0.25, 0.3) is 0 Å². The van der Waals surface area contributed by atoms with Crippen LogP contribution in [-0.4, -0.2) is 6.04 Å². The maximum absolute atomic E-state index is 6.54. The molecule has 106 valence electrons. The van der Waals surface area contributed by atoms with Crippen LogP contribution in [0.3, 0.4) is 0 Å². The summed E-state index contributed by atoms with van der Waals surface area (Å²) in [4.78, 5) is 0. The molecule has 2 aliphatic rings. The normalized spacial score (nSPS) is 31.2. The van der Waals surface area contributed by atoms with Gasteiger partial charge in [0.25, 0.3) is 0 Å². The fourth-order valence-electron chi connectivity index (χ4n) is 4.42. The van der Waals surface area contributed by atoms with Crippen LogP contribution in [0.15, 0.2) is 0 Å². The predicted octanol–water partition coefficient (Wildman–Crippen LogP) is 4.89. The summed E-state index contributed by atoms with van der Waals surface area (Å²) in [6.07, 6.45) is 15.6. The molecule has 0 aromatic carbocycles. The molecule has 0 bridgehead atoms. The fourth-order valence-corrected chi connectivity index (χ4v) is 4.42. The first-order chi connectivity index (χ1) is 8.59. The molecule has 2 fully saturated rings. The lowest BCUT2D eigenvalue weighted by Crippen LogP contribution is -2.42. The molecule has 1 heteroatoms. The molecule has 2 saturated carbocycles. The first kappa shape index (κ1) is 14.4. The standard InChI is InChI=1S/C17H33N/c1-17(2)13-7-6-10-15(17)16(18)12-11-14-8-4-3-5-9-14/h14-16H,3-13,18H2,1-2H3. The van der Waals surface area contributed by atoms with Gasteiger partial charge < -0.3 is 5.73 Å². The van der Waals surface area contributed by atoms with Crippen molar-refractivity contribution in [2.45, 2.75) is 90.5 Å². The van der Waals surface area contributed by atoms with Crippen molar-refractivity contribution in [3.05, 3.63) is 0 Å². The van der Waals surface area contributed by atoms with Gasteiger partial charge in [-0.15, -0.1) is 0 Å². The van der Waals surface area contributed by atoms with Crippen LogP contribution in [0.5, 0.6) is 0 Å². The Morgan fingerprint density at radius 2 is 1.67 bits per heavy atom. The van der Waals surface area contributed by atoms with E-state index >= 15 is 0 Å². The molecule has 0 heterocycles. The Morgan fingerprint density at radius 1 is 1.00 bits per heavy atom. The maximum atomic E-state index is 6.54. The van der Waals surface area contributed by atoms with E-state index in [4.69, 9.17) is 5.73 Å². The van der Waals surface area contributed by atoms with Crippen LogP contribution >= 0.6 is 0 Å². The van der Waals surface area contributed by atoms with Crippen molar-refractivity contribution >= 4 is 0 Å². The van der Waals surface area contributed by atoms with Crippen LogP contribution in [0.4, 0.5) is 0 Å². The molecule has 2 aliphatic carbocycles. The third-order valence-corrected chi connectivity index (χ3v) is 5.74. The molecule has 2 rings (SSSR count). The SMILES string of the molecule is CC1(C)CCCCC1C(N)CCC1CCCCC1. The van der Waals surface area contributed by atoms with Crippen molar-refractivity contribution in [3.63, 3.8) is 0 Å². The van der Waals surface area contributed by atoms with Gasteiger partial charge in [0.05, 0.1) is 0 Å². The van der Waals surface area contributed by atoms with Crippen LogP contribution in [0, 0.1) is 17.3 Å². The third kappa shape index (κ3) is 3.73. The maximum Gasteiger partial charge on any atom is 0.00723 e. The van der Waals surface area contributed by atoms with E-state index < -0.39 is 0 Å². The van der Waals surface area contributed by atoms with Gasteiger partial charge >= 0.3 is 0 Å². The summed E-state index contributed by atoms with van der Waals surface area (Å²) < 4.78 is 0. The molecular formula is C17H33N. The second-order valence-electron chi connectivity index (χ2n) is 7.59. The van der Waals surface area contributed by atoms with E-state index in [0.717, 1.165) is 11.8 Å². The van der Waals surface area contributed by atoms with E-state index in [1.54, 1.807) is 0 Å². The Bertz CT molecular complexity index is 240. The van der Waals surface area contributed by atoms with Crippen molar-refractivity contribution < 1.29 is 0 Å². The first-order valence-electron chi connectivity index (χ1n) is 8.35. The molecule has 2 atom stereocenters. The zero-order chi connectivity index (χ0) is 13.0. The van der Waals surface area contributed by atoms with Gasteiger partial charge in [0.2, 0.25) is 0 Å². The molecule has 2 unspecified atom stereocenters. The molecule has 2 N–H and O–H groups in total. The van der Waals surface area contributed by atoms with E-state index in [9.17, 15) is 0 Å². The topological polar surface area (TPSA) is 26.0 Å². The average Bonchev–Trinajstić information content (AvgIpc) is 2.37. The number of nitrogens with two attached hydrogens (primary N) is 1. The summed E-state index contributed by atoms with van der Waals surface area (Å²) in [6, 6.07) is 0.460. The minimum atomic E-state index is 0.460. The first-order valence-corrected chi connectivity index (χ1v) is 8.35. The lowest BCUT2D eigenvalue weighted by atomic mass is 9.65. The van der Waals surface area contributed by atoms with Crippen LogP contribution in [0.2, 0.25) is 0 Å². The zero-order valence-electron chi connectivity index (χ0n) is 12.6. The molecule has 1 nitrogen and oxygen atoms in total. The van der Waals surface area contributed by atoms with Gasteiger partial charge in [-0.3, -0.25) is 0 Å². The van der Waals surface area contributed by atoms with E-state index in [0.29, 0.717) is 11.5 Å². The average molecular weight is 251 g/mol. The molecule has 0 spiro atoms. The smallest absolute Gasteiger partial charge is 0.00723 e. The van der Waals surface area contributed by atoms with Crippen LogP contribution in [-0.2, 0) is 0 Å². The minimum Gasteiger partial charge on any atom is -0.327 e. The highest BCUT2D eigenvalue weighted by molar-refractivity contribution is 4.89. The van der Waals surface area contributed by atoms with Crippen molar-refractivity contribution in [2.24, 2.45) is 23.0 Å². The summed E-state index contributed by atoms with van der Waals surface area (Å²) in [6.45, 7) is 4.88. The Morgan fingerprint density at radius 3 is 2.33 bits per heavy atom. The second-order valence-corrected chi connectivity index (χ2v) is 7.59. The second kappa shape index (κ2) is 6.41. The van der Waals surface area contributed by atoms with Gasteiger partial charge in [0, 0.05) is 6.04 Å². The van der Waals surface area contributed by atoms with Gasteiger partial charge in [0.1, 0.15) is 0 Å². The number of hydrogen-bond acceptors (Lipinski definition) is 1. The minimum absolute atomic E-state index is 0.460. The van der Waals surface area contributed by atoms with Crippen LogP contribution in [0.1, 0.15) is 84.5 Å². The molecular weight excluding hydrogens is 218 g/mol. The van der Waals surface area contributed by atoms with Gasteiger partial charge in [0.15, 0.2) is 0 Å². The number of rotatable bonds is 4. The molecule has 18 heavy (non-hydrogen) atoms. The van der Waals surface area contributed by atoms with Crippen molar-refractivity contribution in [1.29, 1.82) is 0 Å². The lowest BCUT2D eigenvalue weighted by Gasteiger charge is -2.42. The van der Waals surface area contributed by atoms with Gasteiger partial charge in [-0.05, 0) is 42.9 Å². The van der Waals surface area contributed by atoms with Crippen molar-refractivity contribution in [2.75, 3.05) is 0 Å². The highest BCUT2D eigenvalue weighted by atomic mass is 14.7. The summed E-state index contributed by atoms with van der Waals surface area (Å²) in [5, 5.41) is 0. The van der Waals surface area contributed by atoms with E-state index in [2.05, 4.69) is 13.8 Å². The van der Waals surface area contributed by atoms with E-state index in [-0.39, 0.29) is 0 Å². The van der Waals surface area contributed by atoms with E-state index in [1.807, 2.05) is 0 Å². The van der Waals surface area contributed by atoms with Gasteiger partial charge in [-0.2, -0.15) is 0 Å². The summed E-state index contributed by atoms with van der Waals surface area (Å²) in [5.41, 5.74) is 7.03. The van der Waals surface area contributed by atoms with Crippen molar-refractivity contribution in [1.82, 2.24) is 0 Å². The third-order valence-electron chi connectivity index (χ3n) is 5.74. The highest BCUT2D eigenvalue weighted by Crippen LogP contribution is 2.43. The summed E-state index contributed by atoms with van der Waals surface area (Å²) in [7, 11) is 0. The molecule has 0 saturated heterocycles. The molecule has 0 radical (unpaired) electrons. The Hall–Kier alpha value is -0.0400. The van der Waals surface area contributed by atoms with E-state index in [1.165, 1.54) is 70.6 Å². The Labute approximate surface area is 114 Å². The molecule has 0 aromatic rings. The van der Waals surface area contributed by atoms with Gasteiger partial charge in [-0.1, -0.05) is 58.8 Å². The highest BCUT2D eigenvalue weighted by Gasteiger charge is 2.35. The Kier molecular flexibility index (Phi) is 5.12. The lowest BCUT2D eigenvalue weighted by molar-refractivity contribution is 0.105. The number of hydrogen-bond donors (Lipinski definition) is 1. The predicted molar refractivity (Wildman–Crippen MR) is 79.5 cm³/mol. The monoisotopic (exact) mass is 251 g/mol. The zero-order valence-corrected chi connectivity index (χ0v) is 12.6. The quantitative estimate of drug-likeness (QED) is 0.756. The van der Waals surface area contributed by atoms with Crippen LogP contribution < -0.4 is 5.73 Å².